The average molecular weight is 218 g/mol. The highest BCUT2D eigenvalue weighted by Crippen LogP contribution is 2.45. The van der Waals surface area contributed by atoms with E-state index in [0.29, 0.717) is 12.4 Å². The van der Waals surface area contributed by atoms with Crippen molar-refractivity contribution in [2.24, 2.45) is 5.92 Å². The van der Waals surface area contributed by atoms with E-state index in [2.05, 4.69) is 0 Å². The van der Waals surface area contributed by atoms with Gasteiger partial charge in [-0.3, -0.25) is 4.79 Å². The Bertz CT molecular complexity index is 442. The van der Waals surface area contributed by atoms with Crippen LogP contribution in [-0.4, -0.2) is 12.4 Å². The summed E-state index contributed by atoms with van der Waals surface area (Å²) in [6.45, 7) is 2.62. The van der Waals surface area contributed by atoms with Crippen molar-refractivity contribution >= 4 is 5.78 Å². The molecule has 0 spiro atoms. The second-order valence-electron chi connectivity index (χ2n) is 4.45. The number of allylic oxidation sites excluding steroid dienone is 2. The monoisotopic (exact) mass is 218 g/mol. The van der Waals surface area contributed by atoms with E-state index >= 15 is 0 Å². The summed E-state index contributed by atoms with van der Waals surface area (Å²) in [7, 11) is 0. The molecule has 0 saturated heterocycles. The summed E-state index contributed by atoms with van der Waals surface area (Å²) < 4.78 is 10.9. The molecule has 0 saturated carbocycles. The number of hydrogen-bond acceptors (Lipinski definition) is 3. The lowest BCUT2D eigenvalue weighted by atomic mass is 9.88. The first-order valence-electron chi connectivity index (χ1n) is 5.72. The summed E-state index contributed by atoms with van der Waals surface area (Å²) in [5, 5.41) is 0. The maximum atomic E-state index is 12.0. The molecule has 1 aliphatic carbocycles. The number of carbonyl (C=O) groups excluding carboxylic acids is 1. The van der Waals surface area contributed by atoms with Gasteiger partial charge in [0.15, 0.2) is 5.76 Å². The smallest absolute Gasteiger partial charge is 0.201 e. The highest BCUT2D eigenvalue weighted by Gasteiger charge is 2.43. The number of hydrogen-bond donors (Lipinski definition) is 0. The van der Waals surface area contributed by atoms with Crippen LogP contribution in [0.3, 0.4) is 0 Å². The molecular formula is C13H14O3. The van der Waals surface area contributed by atoms with Crippen molar-refractivity contribution in [2.45, 2.75) is 25.7 Å². The van der Waals surface area contributed by atoms with E-state index in [0.717, 1.165) is 24.2 Å². The predicted molar refractivity (Wildman–Crippen MR) is 57.8 cm³/mol. The molecule has 2 atom stereocenters. The van der Waals surface area contributed by atoms with Gasteiger partial charge < -0.3 is 9.15 Å². The van der Waals surface area contributed by atoms with E-state index in [1.807, 2.05) is 19.1 Å². The molecule has 0 bridgehead atoms. The first-order valence-corrected chi connectivity index (χ1v) is 5.72. The third kappa shape index (κ3) is 1.24. The Hall–Kier alpha value is -1.51. The molecule has 3 heteroatoms. The molecule has 0 aromatic carbocycles. The summed E-state index contributed by atoms with van der Waals surface area (Å²) in [5.74, 6) is 1.68. The summed E-state index contributed by atoms with van der Waals surface area (Å²) in [5.41, 5.74) is 1.14. The van der Waals surface area contributed by atoms with Crippen molar-refractivity contribution in [3.8, 4) is 0 Å². The van der Waals surface area contributed by atoms with Gasteiger partial charge in [-0.2, -0.15) is 0 Å². The van der Waals surface area contributed by atoms with Gasteiger partial charge in [0.1, 0.15) is 5.76 Å². The minimum Gasteiger partial charge on any atom is -0.490 e. The topological polar surface area (TPSA) is 39.4 Å². The third-order valence-electron chi connectivity index (χ3n) is 3.49. The Morgan fingerprint density at radius 2 is 2.31 bits per heavy atom. The van der Waals surface area contributed by atoms with Crippen LogP contribution < -0.4 is 0 Å². The van der Waals surface area contributed by atoms with Crippen LogP contribution in [0.5, 0.6) is 0 Å². The van der Waals surface area contributed by atoms with Crippen LogP contribution in [0.4, 0.5) is 0 Å². The summed E-state index contributed by atoms with van der Waals surface area (Å²) >= 11 is 0. The molecule has 0 amide bonds. The molecule has 0 radical (unpaired) electrons. The molecule has 1 aliphatic heterocycles. The van der Waals surface area contributed by atoms with Crippen molar-refractivity contribution in [1.82, 2.24) is 0 Å². The molecule has 16 heavy (non-hydrogen) atoms. The van der Waals surface area contributed by atoms with Gasteiger partial charge in [0, 0.05) is 5.92 Å². The molecule has 0 fully saturated rings. The fourth-order valence-electron chi connectivity index (χ4n) is 2.72. The first-order chi connectivity index (χ1) is 7.79. The molecule has 2 aliphatic rings. The van der Waals surface area contributed by atoms with Crippen molar-refractivity contribution in [1.29, 1.82) is 0 Å². The van der Waals surface area contributed by atoms with Gasteiger partial charge in [-0.1, -0.05) is 6.92 Å². The van der Waals surface area contributed by atoms with Crippen LogP contribution >= 0.6 is 0 Å². The highest BCUT2D eigenvalue weighted by molar-refractivity contribution is 6.00. The van der Waals surface area contributed by atoms with Crippen LogP contribution in [0.15, 0.2) is 34.1 Å². The van der Waals surface area contributed by atoms with E-state index in [9.17, 15) is 4.79 Å². The minimum absolute atomic E-state index is 0.0470. The molecule has 3 nitrogen and oxygen atoms in total. The Kier molecular flexibility index (Phi) is 2.13. The number of furan rings is 1. The van der Waals surface area contributed by atoms with Crippen molar-refractivity contribution in [3.63, 3.8) is 0 Å². The van der Waals surface area contributed by atoms with E-state index in [4.69, 9.17) is 9.15 Å². The number of Topliss-reactive ketones (excluding diaryl/α,β-unsaturated/α-hetero) is 1. The second-order valence-corrected chi connectivity index (χ2v) is 4.45. The molecule has 3 rings (SSSR count). The van der Waals surface area contributed by atoms with Crippen LogP contribution in [0.2, 0.25) is 0 Å². The Morgan fingerprint density at radius 1 is 1.44 bits per heavy atom. The summed E-state index contributed by atoms with van der Waals surface area (Å²) in [6, 6.07) is 3.81. The van der Waals surface area contributed by atoms with Gasteiger partial charge in [0.2, 0.25) is 5.78 Å². The zero-order valence-corrected chi connectivity index (χ0v) is 9.23. The van der Waals surface area contributed by atoms with Crippen molar-refractivity contribution in [2.75, 3.05) is 6.61 Å². The van der Waals surface area contributed by atoms with Gasteiger partial charge in [-0.15, -0.1) is 0 Å². The molecule has 84 valence electrons. The number of ketones is 1. The molecule has 1 aromatic heterocycles. The fraction of sp³-hybridized carbons (Fsp3) is 0.462. The molecular weight excluding hydrogens is 204 g/mol. The van der Waals surface area contributed by atoms with Crippen LogP contribution in [0.1, 0.15) is 31.4 Å². The standard InChI is InChI=1S/C13H14O3/c1-8-11(10-5-3-6-15-10)9-4-2-7-16-13(9)12(8)14/h3,5-6,8,11H,2,4,7H2,1H3/t8?,11-/m0/s1. The van der Waals surface area contributed by atoms with E-state index in [-0.39, 0.29) is 17.6 Å². The van der Waals surface area contributed by atoms with E-state index in [1.54, 1.807) is 6.26 Å². The largest absolute Gasteiger partial charge is 0.490 e. The lowest BCUT2D eigenvalue weighted by Gasteiger charge is -2.18. The maximum absolute atomic E-state index is 12.0. The normalized spacial score (nSPS) is 29.2. The average Bonchev–Trinajstić information content (AvgIpc) is 2.89. The minimum atomic E-state index is -0.0470. The lowest BCUT2D eigenvalue weighted by molar-refractivity contribution is -0.121. The van der Waals surface area contributed by atoms with Gasteiger partial charge in [0.05, 0.1) is 18.8 Å². The highest BCUT2D eigenvalue weighted by atomic mass is 16.5. The molecule has 2 heterocycles. The van der Waals surface area contributed by atoms with E-state index in [1.165, 1.54) is 0 Å². The van der Waals surface area contributed by atoms with Crippen LogP contribution in [0, 0.1) is 5.92 Å². The van der Waals surface area contributed by atoms with Gasteiger partial charge >= 0.3 is 0 Å². The quantitative estimate of drug-likeness (QED) is 0.727. The van der Waals surface area contributed by atoms with Crippen molar-refractivity contribution < 1.29 is 13.9 Å². The Morgan fingerprint density at radius 3 is 3.06 bits per heavy atom. The summed E-state index contributed by atoms with van der Waals surface area (Å²) in [4.78, 5) is 12.0. The number of carbonyl (C=O) groups is 1. The first kappa shape index (κ1) is 9.70. The van der Waals surface area contributed by atoms with Gasteiger partial charge in [0.25, 0.3) is 0 Å². The SMILES string of the molecule is CC1C(=O)C2=C(CCCO2)[C@H]1c1ccco1. The third-order valence-corrected chi connectivity index (χ3v) is 3.49. The van der Waals surface area contributed by atoms with Gasteiger partial charge in [-0.05, 0) is 30.5 Å². The number of ether oxygens (including phenoxy) is 1. The van der Waals surface area contributed by atoms with Crippen LogP contribution in [-0.2, 0) is 9.53 Å². The molecule has 1 aromatic rings. The van der Waals surface area contributed by atoms with Crippen molar-refractivity contribution in [3.05, 3.63) is 35.5 Å². The zero-order chi connectivity index (χ0) is 11.1. The Labute approximate surface area is 94.1 Å². The van der Waals surface area contributed by atoms with Gasteiger partial charge in [-0.25, -0.2) is 0 Å². The number of rotatable bonds is 1. The Balaban J connectivity index is 2.05. The second kappa shape index (κ2) is 3.51. The van der Waals surface area contributed by atoms with E-state index < -0.39 is 0 Å². The van der Waals surface area contributed by atoms with Crippen LogP contribution in [0.25, 0.3) is 0 Å². The summed E-state index contributed by atoms with van der Waals surface area (Å²) in [6.07, 6.45) is 3.61. The molecule has 1 unspecified atom stereocenters. The molecule has 0 N–H and O–H groups in total. The predicted octanol–water partition coefficient (Wildman–Crippen LogP) is 2.65. The lowest BCUT2D eigenvalue weighted by Crippen LogP contribution is -2.12. The maximum Gasteiger partial charge on any atom is 0.201 e. The zero-order valence-electron chi connectivity index (χ0n) is 9.23. The fourth-order valence-corrected chi connectivity index (χ4v) is 2.72.